The summed E-state index contributed by atoms with van der Waals surface area (Å²) in [6.45, 7) is 7.06. The van der Waals surface area contributed by atoms with Gasteiger partial charge in [0.15, 0.2) is 0 Å². The number of amides is 1. The lowest BCUT2D eigenvalue weighted by molar-refractivity contribution is -0.119. The largest absolute Gasteiger partial charge is 0.358 e. The third-order valence-electron chi connectivity index (χ3n) is 2.78. The van der Waals surface area contributed by atoms with E-state index in [4.69, 9.17) is 0 Å². The molecule has 0 aromatic rings. The van der Waals surface area contributed by atoms with Crippen LogP contribution in [0.15, 0.2) is 0 Å². The molecule has 0 aromatic carbocycles. The monoisotopic (exact) mass is 199 g/mol. The van der Waals surface area contributed by atoms with E-state index in [0.717, 1.165) is 19.5 Å². The van der Waals surface area contributed by atoms with E-state index in [-0.39, 0.29) is 5.91 Å². The highest BCUT2D eigenvalue weighted by atomic mass is 16.1. The van der Waals surface area contributed by atoms with Crippen molar-refractivity contribution < 1.29 is 4.79 Å². The Labute approximate surface area is 86.0 Å². The number of likely N-dealkylation sites (tertiary alicyclic amines) is 1. The Morgan fingerprint density at radius 2 is 2.29 bits per heavy atom. The first-order valence-electron chi connectivity index (χ1n) is 5.31. The van der Waals surface area contributed by atoms with Crippen molar-refractivity contribution in [2.24, 2.45) is 0 Å². The summed E-state index contributed by atoms with van der Waals surface area (Å²) in [5, 5.41) is 5.87. The number of carbonyl (C=O) groups is 1. The van der Waals surface area contributed by atoms with Crippen molar-refractivity contribution in [2.75, 3.05) is 26.7 Å². The molecule has 1 atom stereocenters. The fourth-order valence-corrected chi connectivity index (χ4v) is 1.75. The second-order valence-electron chi connectivity index (χ2n) is 4.13. The number of hydrogen-bond acceptors (Lipinski definition) is 3. The molecule has 0 bridgehead atoms. The number of rotatable bonds is 4. The minimum Gasteiger partial charge on any atom is -0.358 e. The summed E-state index contributed by atoms with van der Waals surface area (Å²) in [5.74, 6) is 0.0630. The average Bonchev–Trinajstić information content (AvgIpc) is 2.62. The van der Waals surface area contributed by atoms with Crippen LogP contribution in [0.5, 0.6) is 0 Å². The zero-order chi connectivity index (χ0) is 10.6. The molecule has 1 heterocycles. The van der Waals surface area contributed by atoms with Crippen molar-refractivity contribution in [1.29, 1.82) is 0 Å². The first-order chi connectivity index (χ1) is 6.63. The maximum atomic E-state index is 11.0. The molecule has 1 amide bonds. The molecule has 0 saturated carbocycles. The van der Waals surface area contributed by atoms with Gasteiger partial charge in [-0.1, -0.05) is 0 Å². The molecule has 1 unspecified atom stereocenters. The molecule has 0 aromatic heterocycles. The van der Waals surface area contributed by atoms with E-state index in [9.17, 15) is 4.79 Å². The Hall–Kier alpha value is -0.610. The molecule has 1 aliphatic heterocycles. The molecule has 1 fully saturated rings. The summed E-state index contributed by atoms with van der Waals surface area (Å²) in [7, 11) is 1.67. The highest BCUT2D eigenvalue weighted by Gasteiger charge is 2.23. The molecule has 2 N–H and O–H groups in total. The summed E-state index contributed by atoms with van der Waals surface area (Å²) in [6, 6.07) is 1.09. The lowest BCUT2D eigenvalue weighted by Gasteiger charge is -2.20. The molecule has 1 saturated heterocycles. The van der Waals surface area contributed by atoms with Crippen LogP contribution in [0.4, 0.5) is 0 Å². The number of carbonyl (C=O) groups excluding carboxylic acids is 1. The summed E-state index contributed by atoms with van der Waals surface area (Å²) < 4.78 is 0. The van der Waals surface area contributed by atoms with Crippen LogP contribution in [-0.2, 0) is 4.79 Å². The van der Waals surface area contributed by atoms with Gasteiger partial charge in [-0.15, -0.1) is 0 Å². The normalized spacial score (nSPS) is 23.0. The van der Waals surface area contributed by atoms with Gasteiger partial charge < -0.3 is 10.6 Å². The van der Waals surface area contributed by atoms with Gasteiger partial charge >= 0.3 is 0 Å². The predicted molar refractivity (Wildman–Crippen MR) is 57.2 cm³/mol. The van der Waals surface area contributed by atoms with Crippen LogP contribution < -0.4 is 10.6 Å². The van der Waals surface area contributed by atoms with Crippen LogP contribution in [0.25, 0.3) is 0 Å². The van der Waals surface area contributed by atoms with Gasteiger partial charge in [0.1, 0.15) is 0 Å². The fourth-order valence-electron chi connectivity index (χ4n) is 1.75. The SMILES string of the molecule is CNC(=O)CNC1CCN(C(C)C)C1. The molecule has 4 heteroatoms. The van der Waals surface area contributed by atoms with E-state index >= 15 is 0 Å². The predicted octanol–water partition coefficient (Wildman–Crippen LogP) is -0.195. The molecular formula is C10H21N3O. The molecule has 0 spiro atoms. The van der Waals surface area contributed by atoms with Gasteiger partial charge in [-0.2, -0.15) is 0 Å². The Bertz CT molecular complexity index is 194. The summed E-state index contributed by atoms with van der Waals surface area (Å²) >= 11 is 0. The average molecular weight is 199 g/mol. The van der Waals surface area contributed by atoms with Gasteiger partial charge in [0.25, 0.3) is 0 Å². The summed E-state index contributed by atoms with van der Waals surface area (Å²) in [5.41, 5.74) is 0. The number of hydrogen-bond donors (Lipinski definition) is 2. The van der Waals surface area contributed by atoms with Gasteiger partial charge in [-0.05, 0) is 26.8 Å². The molecule has 4 nitrogen and oxygen atoms in total. The van der Waals surface area contributed by atoms with Crippen molar-refractivity contribution in [3.05, 3.63) is 0 Å². The smallest absolute Gasteiger partial charge is 0.233 e. The van der Waals surface area contributed by atoms with Gasteiger partial charge in [-0.25, -0.2) is 0 Å². The molecule has 82 valence electrons. The number of nitrogens with zero attached hydrogens (tertiary/aromatic N) is 1. The van der Waals surface area contributed by atoms with Crippen LogP contribution in [0, 0.1) is 0 Å². The third-order valence-corrected chi connectivity index (χ3v) is 2.78. The second-order valence-corrected chi connectivity index (χ2v) is 4.13. The molecule has 14 heavy (non-hydrogen) atoms. The zero-order valence-corrected chi connectivity index (χ0v) is 9.34. The van der Waals surface area contributed by atoms with E-state index < -0.39 is 0 Å². The fraction of sp³-hybridized carbons (Fsp3) is 0.900. The maximum absolute atomic E-state index is 11.0. The standard InChI is InChI=1S/C10H21N3O/c1-8(2)13-5-4-9(7-13)12-6-10(14)11-3/h8-9,12H,4-7H2,1-3H3,(H,11,14). The van der Waals surface area contributed by atoms with E-state index in [1.165, 1.54) is 0 Å². The van der Waals surface area contributed by atoms with Crippen molar-refractivity contribution >= 4 is 5.91 Å². The van der Waals surface area contributed by atoms with Crippen LogP contribution in [0.3, 0.4) is 0 Å². The molecule has 0 radical (unpaired) electrons. The van der Waals surface area contributed by atoms with Gasteiger partial charge in [-0.3, -0.25) is 9.69 Å². The van der Waals surface area contributed by atoms with Crippen molar-refractivity contribution in [3.8, 4) is 0 Å². The lowest BCUT2D eigenvalue weighted by Crippen LogP contribution is -2.40. The highest BCUT2D eigenvalue weighted by Crippen LogP contribution is 2.11. The summed E-state index contributed by atoms with van der Waals surface area (Å²) in [4.78, 5) is 13.4. The van der Waals surface area contributed by atoms with Crippen LogP contribution in [0.1, 0.15) is 20.3 Å². The Balaban J connectivity index is 2.19. The van der Waals surface area contributed by atoms with E-state index in [1.54, 1.807) is 7.05 Å². The topological polar surface area (TPSA) is 44.4 Å². The number of nitrogens with one attached hydrogen (secondary N) is 2. The molecule has 1 rings (SSSR count). The van der Waals surface area contributed by atoms with Crippen LogP contribution >= 0.6 is 0 Å². The minimum absolute atomic E-state index is 0.0630. The minimum atomic E-state index is 0.0630. The molecular weight excluding hydrogens is 178 g/mol. The summed E-state index contributed by atoms with van der Waals surface area (Å²) in [6.07, 6.45) is 1.15. The second kappa shape index (κ2) is 5.32. The first-order valence-corrected chi connectivity index (χ1v) is 5.31. The highest BCUT2D eigenvalue weighted by molar-refractivity contribution is 5.77. The van der Waals surface area contributed by atoms with Crippen molar-refractivity contribution in [1.82, 2.24) is 15.5 Å². The molecule has 0 aliphatic carbocycles. The lowest BCUT2D eigenvalue weighted by atomic mass is 10.2. The van der Waals surface area contributed by atoms with Crippen LogP contribution in [-0.4, -0.2) is 49.6 Å². The third kappa shape index (κ3) is 3.27. The van der Waals surface area contributed by atoms with Crippen molar-refractivity contribution in [2.45, 2.75) is 32.4 Å². The Morgan fingerprint density at radius 3 is 2.79 bits per heavy atom. The van der Waals surface area contributed by atoms with Gasteiger partial charge in [0.05, 0.1) is 6.54 Å². The Kier molecular flexibility index (Phi) is 4.35. The van der Waals surface area contributed by atoms with Gasteiger partial charge in [0, 0.05) is 25.7 Å². The first kappa shape index (κ1) is 11.5. The van der Waals surface area contributed by atoms with Crippen LogP contribution in [0.2, 0.25) is 0 Å². The van der Waals surface area contributed by atoms with E-state index in [2.05, 4.69) is 29.4 Å². The van der Waals surface area contributed by atoms with Crippen molar-refractivity contribution in [3.63, 3.8) is 0 Å². The quantitative estimate of drug-likeness (QED) is 0.659. The molecule has 1 aliphatic rings. The van der Waals surface area contributed by atoms with E-state index in [1.807, 2.05) is 0 Å². The number of likely N-dealkylation sites (N-methyl/N-ethyl adjacent to an activating group) is 1. The maximum Gasteiger partial charge on any atom is 0.233 e. The zero-order valence-electron chi connectivity index (χ0n) is 9.34. The van der Waals surface area contributed by atoms with Gasteiger partial charge in [0.2, 0.25) is 5.91 Å². The Morgan fingerprint density at radius 1 is 1.57 bits per heavy atom. The van der Waals surface area contributed by atoms with E-state index in [0.29, 0.717) is 18.6 Å².